The lowest BCUT2D eigenvalue weighted by Crippen LogP contribution is -2.30. The molecule has 1 N–H and O–H groups in total. The van der Waals surface area contributed by atoms with Crippen LogP contribution in [0.5, 0.6) is 0 Å². The maximum atomic E-state index is 11.7. The quantitative estimate of drug-likeness (QED) is 0.813. The number of carbonyl (C=O) groups is 2. The van der Waals surface area contributed by atoms with Gasteiger partial charge in [0.2, 0.25) is 5.91 Å². The van der Waals surface area contributed by atoms with Gasteiger partial charge in [0.05, 0.1) is 6.54 Å². The van der Waals surface area contributed by atoms with Gasteiger partial charge in [-0.15, -0.1) is 0 Å². The topological polar surface area (TPSA) is 46.2 Å². The van der Waals surface area contributed by atoms with E-state index in [1.54, 1.807) is 12.1 Å². The van der Waals surface area contributed by atoms with Crippen LogP contribution in [0, 0.1) is 5.41 Å². The fourth-order valence-corrected chi connectivity index (χ4v) is 1.48. The SMILES string of the molecule is CC(C)(C)CCC(=O)NCC(=O)c1ccccc1. The molecule has 0 bridgehead atoms. The molecule has 0 aliphatic rings. The summed E-state index contributed by atoms with van der Waals surface area (Å²) in [6.07, 6.45) is 1.28. The molecule has 0 radical (unpaired) electrons. The number of amides is 1. The predicted octanol–water partition coefficient (Wildman–Crippen LogP) is 2.81. The van der Waals surface area contributed by atoms with Gasteiger partial charge in [-0.25, -0.2) is 0 Å². The number of Topliss-reactive ketones (excluding diaryl/α,β-unsaturated/α-hetero) is 1. The van der Waals surface area contributed by atoms with E-state index in [4.69, 9.17) is 0 Å². The minimum Gasteiger partial charge on any atom is -0.349 e. The van der Waals surface area contributed by atoms with Crippen LogP contribution >= 0.6 is 0 Å². The van der Waals surface area contributed by atoms with Gasteiger partial charge in [0.1, 0.15) is 0 Å². The van der Waals surface area contributed by atoms with Crippen LogP contribution in [0.15, 0.2) is 30.3 Å². The first-order valence-corrected chi connectivity index (χ1v) is 6.23. The lowest BCUT2D eigenvalue weighted by molar-refractivity contribution is -0.121. The Balaban J connectivity index is 2.33. The van der Waals surface area contributed by atoms with Gasteiger partial charge in [-0.05, 0) is 11.8 Å². The third-order valence-corrected chi connectivity index (χ3v) is 2.64. The zero-order valence-corrected chi connectivity index (χ0v) is 11.3. The van der Waals surface area contributed by atoms with Crippen molar-refractivity contribution in [3.8, 4) is 0 Å². The highest BCUT2D eigenvalue weighted by atomic mass is 16.2. The van der Waals surface area contributed by atoms with Gasteiger partial charge in [0.15, 0.2) is 5.78 Å². The largest absolute Gasteiger partial charge is 0.349 e. The average Bonchev–Trinajstić information content (AvgIpc) is 2.33. The van der Waals surface area contributed by atoms with Gasteiger partial charge in [0, 0.05) is 12.0 Å². The molecular weight excluding hydrogens is 226 g/mol. The number of benzene rings is 1. The molecular formula is C15H21NO2. The van der Waals surface area contributed by atoms with Crippen LogP contribution < -0.4 is 5.32 Å². The van der Waals surface area contributed by atoms with Crippen LogP contribution in [0.2, 0.25) is 0 Å². The molecule has 1 aromatic rings. The summed E-state index contributed by atoms with van der Waals surface area (Å²) in [6, 6.07) is 9.00. The molecule has 0 aromatic heterocycles. The van der Waals surface area contributed by atoms with Gasteiger partial charge in [-0.2, -0.15) is 0 Å². The lowest BCUT2D eigenvalue weighted by Gasteiger charge is -2.17. The standard InChI is InChI=1S/C15H21NO2/c1-15(2,3)10-9-14(18)16-11-13(17)12-7-5-4-6-8-12/h4-8H,9-11H2,1-3H3,(H,16,18). The average molecular weight is 247 g/mol. The van der Waals surface area contributed by atoms with Crippen LogP contribution in [0.3, 0.4) is 0 Å². The van der Waals surface area contributed by atoms with Crippen molar-refractivity contribution in [2.24, 2.45) is 5.41 Å². The van der Waals surface area contributed by atoms with Crippen molar-refractivity contribution in [3.05, 3.63) is 35.9 Å². The van der Waals surface area contributed by atoms with Crippen molar-refractivity contribution in [2.75, 3.05) is 6.54 Å². The molecule has 0 atom stereocenters. The predicted molar refractivity (Wildman–Crippen MR) is 72.5 cm³/mol. The highest BCUT2D eigenvalue weighted by Crippen LogP contribution is 2.20. The van der Waals surface area contributed by atoms with Crippen molar-refractivity contribution in [3.63, 3.8) is 0 Å². The Labute approximate surface area is 109 Å². The molecule has 1 aromatic carbocycles. The Bertz CT molecular complexity index is 404. The van der Waals surface area contributed by atoms with Crippen molar-refractivity contribution in [2.45, 2.75) is 33.6 Å². The lowest BCUT2D eigenvalue weighted by atomic mass is 9.90. The first-order chi connectivity index (χ1) is 8.38. The summed E-state index contributed by atoms with van der Waals surface area (Å²) in [6.45, 7) is 6.35. The first-order valence-electron chi connectivity index (χ1n) is 6.23. The van der Waals surface area contributed by atoms with E-state index in [2.05, 4.69) is 26.1 Å². The molecule has 0 aliphatic heterocycles. The second-order valence-corrected chi connectivity index (χ2v) is 5.63. The number of hydrogen-bond acceptors (Lipinski definition) is 2. The molecule has 0 saturated carbocycles. The van der Waals surface area contributed by atoms with Crippen molar-refractivity contribution in [1.29, 1.82) is 0 Å². The Morgan fingerprint density at radius 2 is 1.72 bits per heavy atom. The smallest absolute Gasteiger partial charge is 0.220 e. The molecule has 98 valence electrons. The third-order valence-electron chi connectivity index (χ3n) is 2.64. The highest BCUT2D eigenvalue weighted by molar-refractivity contribution is 5.99. The number of nitrogens with one attached hydrogen (secondary N) is 1. The summed E-state index contributed by atoms with van der Waals surface area (Å²) in [5.41, 5.74) is 0.773. The van der Waals surface area contributed by atoms with Crippen LogP contribution in [-0.2, 0) is 4.79 Å². The summed E-state index contributed by atoms with van der Waals surface area (Å²) in [7, 11) is 0. The molecule has 0 fully saturated rings. The molecule has 1 rings (SSSR count). The third kappa shape index (κ3) is 5.62. The van der Waals surface area contributed by atoms with Crippen molar-refractivity contribution < 1.29 is 9.59 Å². The van der Waals surface area contributed by atoms with E-state index in [1.807, 2.05) is 18.2 Å². The maximum absolute atomic E-state index is 11.7. The Kier molecular flexibility index (Phi) is 5.08. The normalized spacial score (nSPS) is 11.1. The maximum Gasteiger partial charge on any atom is 0.220 e. The molecule has 0 aliphatic carbocycles. The second kappa shape index (κ2) is 6.34. The fourth-order valence-electron chi connectivity index (χ4n) is 1.48. The summed E-state index contributed by atoms with van der Waals surface area (Å²) in [5, 5.41) is 2.67. The first kappa shape index (κ1) is 14.4. The second-order valence-electron chi connectivity index (χ2n) is 5.63. The van der Waals surface area contributed by atoms with E-state index in [-0.39, 0.29) is 23.7 Å². The summed E-state index contributed by atoms with van der Waals surface area (Å²) >= 11 is 0. The van der Waals surface area contributed by atoms with Crippen molar-refractivity contribution >= 4 is 11.7 Å². The molecule has 0 saturated heterocycles. The van der Waals surface area contributed by atoms with E-state index in [9.17, 15) is 9.59 Å². The number of ketones is 1. The molecule has 0 heterocycles. The summed E-state index contributed by atoms with van der Waals surface area (Å²) in [5.74, 6) is -0.117. The van der Waals surface area contributed by atoms with Gasteiger partial charge in [0.25, 0.3) is 0 Å². The van der Waals surface area contributed by atoms with Gasteiger partial charge in [-0.3, -0.25) is 9.59 Å². The molecule has 18 heavy (non-hydrogen) atoms. The van der Waals surface area contributed by atoms with Crippen molar-refractivity contribution in [1.82, 2.24) is 5.32 Å². The number of hydrogen-bond donors (Lipinski definition) is 1. The Hall–Kier alpha value is -1.64. The zero-order valence-electron chi connectivity index (χ0n) is 11.3. The Morgan fingerprint density at radius 3 is 2.28 bits per heavy atom. The van der Waals surface area contributed by atoms with E-state index in [0.29, 0.717) is 12.0 Å². The number of rotatable bonds is 5. The van der Waals surface area contributed by atoms with Gasteiger partial charge >= 0.3 is 0 Å². The fraction of sp³-hybridized carbons (Fsp3) is 0.467. The number of carbonyl (C=O) groups excluding carboxylic acids is 2. The molecule has 3 heteroatoms. The zero-order chi connectivity index (χ0) is 13.6. The van der Waals surface area contributed by atoms with Gasteiger partial charge in [-0.1, -0.05) is 51.1 Å². The van der Waals surface area contributed by atoms with E-state index < -0.39 is 0 Å². The molecule has 1 amide bonds. The van der Waals surface area contributed by atoms with E-state index in [0.717, 1.165) is 6.42 Å². The Morgan fingerprint density at radius 1 is 1.11 bits per heavy atom. The van der Waals surface area contributed by atoms with E-state index in [1.165, 1.54) is 0 Å². The minimum atomic E-state index is -0.0609. The molecule has 0 spiro atoms. The monoisotopic (exact) mass is 247 g/mol. The van der Waals surface area contributed by atoms with E-state index >= 15 is 0 Å². The van der Waals surface area contributed by atoms with Crippen LogP contribution in [0.25, 0.3) is 0 Å². The molecule has 3 nitrogen and oxygen atoms in total. The minimum absolute atomic E-state index is 0.0558. The van der Waals surface area contributed by atoms with Crippen LogP contribution in [-0.4, -0.2) is 18.2 Å². The van der Waals surface area contributed by atoms with Gasteiger partial charge < -0.3 is 5.32 Å². The van der Waals surface area contributed by atoms with Crippen LogP contribution in [0.4, 0.5) is 0 Å². The van der Waals surface area contributed by atoms with Crippen LogP contribution in [0.1, 0.15) is 44.0 Å². The summed E-state index contributed by atoms with van der Waals surface area (Å²) < 4.78 is 0. The highest BCUT2D eigenvalue weighted by Gasteiger charge is 2.13. The molecule has 0 unspecified atom stereocenters. The summed E-state index contributed by atoms with van der Waals surface area (Å²) in [4.78, 5) is 23.3.